The molecular weight excluding hydrogens is 276 g/mol. The summed E-state index contributed by atoms with van der Waals surface area (Å²) < 4.78 is 10.7. The summed E-state index contributed by atoms with van der Waals surface area (Å²) in [6.07, 6.45) is 12.2. The fourth-order valence-corrected chi connectivity index (χ4v) is 2.74. The summed E-state index contributed by atoms with van der Waals surface area (Å²) in [4.78, 5) is 11.0. The summed E-state index contributed by atoms with van der Waals surface area (Å²) >= 11 is 0. The lowest BCUT2D eigenvalue weighted by Crippen LogP contribution is -2.33. The lowest BCUT2D eigenvalue weighted by Gasteiger charge is -2.33. The molecule has 3 heteroatoms. The van der Waals surface area contributed by atoms with Gasteiger partial charge in [-0.3, -0.25) is 0 Å². The zero-order valence-corrected chi connectivity index (χ0v) is 15.2. The zero-order chi connectivity index (χ0) is 16.8. The SMILES string of the molecule is C=CC(=O)OCCCC(CCCCCCCC)C(C)(C)OC. The van der Waals surface area contributed by atoms with Crippen LogP contribution in [0.3, 0.4) is 0 Å². The quantitative estimate of drug-likeness (QED) is 0.248. The van der Waals surface area contributed by atoms with Crippen molar-refractivity contribution in [1.82, 2.24) is 0 Å². The summed E-state index contributed by atoms with van der Waals surface area (Å²) in [5.74, 6) is 0.171. The van der Waals surface area contributed by atoms with E-state index in [2.05, 4.69) is 27.4 Å². The number of unbranched alkanes of at least 4 members (excludes halogenated alkanes) is 5. The molecule has 0 aliphatic heterocycles. The van der Waals surface area contributed by atoms with Crippen molar-refractivity contribution in [1.29, 1.82) is 0 Å². The normalized spacial score (nSPS) is 12.9. The topological polar surface area (TPSA) is 35.5 Å². The van der Waals surface area contributed by atoms with E-state index in [-0.39, 0.29) is 11.6 Å². The van der Waals surface area contributed by atoms with Gasteiger partial charge in [-0.05, 0) is 39.0 Å². The monoisotopic (exact) mass is 312 g/mol. The maximum Gasteiger partial charge on any atom is 0.330 e. The Morgan fingerprint density at radius 1 is 1.09 bits per heavy atom. The van der Waals surface area contributed by atoms with E-state index in [1.807, 2.05) is 0 Å². The summed E-state index contributed by atoms with van der Waals surface area (Å²) in [5.41, 5.74) is -0.119. The summed E-state index contributed by atoms with van der Waals surface area (Å²) in [6.45, 7) is 10.4. The fraction of sp³-hybridized carbons (Fsp3) is 0.842. The van der Waals surface area contributed by atoms with Crippen LogP contribution in [0.4, 0.5) is 0 Å². The van der Waals surface area contributed by atoms with Gasteiger partial charge in [0.15, 0.2) is 0 Å². The standard InChI is InChI=1S/C19H36O3/c1-6-8-9-10-11-12-14-17(19(3,4)21-5)15-13-16-22-18(20)7-2/h7,17H,2,6,8-16H2,1,3-5H3. The van der Waals surface area contributed by atoms with Crippen LogP contribution in [0.15, 0.2) is 12.7 Å². The van der Waals surface area contributed by atoms with Gasteiger partial charge in [-0.1, -0.05) is 52.0 Å². The number of hydrogen-bond donors (Lipinski definition) is 0. The largest absolute Gasteiger partial charge is 0.463 e. The van der Waals surface area contributed by atoms with E-state index in [1.165, 1.54) is 51.0 Å². The number of methoxy groups -OCH3 is 1. The first kappa shape index (κ1) is 21.2. The van der Waals surface area contributed by atoms with Crippen molar-refractivity contribution in [2.45, 2.75) is 84.2 Å². The van der Waals surface area contributed by atoms with Crippen LogP contribution in [0.5, 0.6) is 0 Å². The van der Waals surface area contributed by atoms with Gasteiger partial charge in [0.25, 0.3) is 0 Å². The van der Waals surface area contributed by atoms with Gasteiger partial charge < -0.3 is 9.47 Å². The molecule has 22 heavy (non-hydrogen) atoms. The zero-order valence-electron chi connectivity index (χ0n) is 15.2. The molecule has 0 rings (SSSR count). The molecular formula is C19H36O3. The maximum absolute atomic E-state index is 11.0. The van der Waals surface area contributed by atoms with E-state index in [9.17, 15) is 4.79 Å². The molecule has 0 aromatic carbocycles. The lowest BCUT2D eigenvalue weighted by molar-refractivity contribution is -0.138. The number of hydrogen-bond acceptors (Lipinski definition) is 3. The second-order valence-electron chi connectivity index (χ2n) is 6.57. The minimum Gasteiger partial charge on any atom is -0.463 e. The Bertz CT molecular complexity index is 297. The highest BCUT2D eigenvalue weighted by atomic mass is 16.5. The molecule has 0 fully saturated rings. The molecule has 0 amide bonds. The predicted octanol–water partition coefficient (Wildman–Crippen LogP) is 5.29. The Hall–Kier alpha value is -0.830. The first-order chi connectivity index (χ1) is 10.5. The first-order valence-corrected chi connectivity index (χ1v) is 8.82. The third kappa shape index (κ3) is 9.99. The van der Waals surface area contributed by atoms with Crippen molar-refractivity contribution in [2.75, 3.05) is 13.7 Å². The molecule has 0 heterocycles. The molecule has 0 saturated heterocycles. The van der Waals surface area contributed by atoms with E-state index >= 15 is 0 Å². The number of ether oxygens (including phenoxy) is 2. The molecule has 1 atom stereocenters. The third-order valence-electron chi connectivity index (χ3n) is 4.52. The Balaban J connectivity index is 4.06. The van der Waals surface area contributed by atoms with Gasteiger partial charge in [0.2, 0.25) is 0 Å². The summed E-state index contributed by atoms with van der Waals surface area (Å²) in [6, 6.07) is 0. The van der Waals surface area contributed by atoms with Crippen molar-refractivity contribution in [3.05, 3.63) is 12.7 Å². The van der Waals surface area contributed by atoms with Crippen molar-refractivity contribution in [3.63, 3.8) is 0 Å². The van der Waals surface area contributed by atoms with Gasteiger partial charge >= 0.3 is 5.97 Å². The van der Waals surface area contributed by atoms with Crippen LogP contribution in [-0.4, -0.2) is 25.3 Å². The number of esters is 1. The highest BCUT2D eigenvalue weighted by Crippen LogP contribution is 2.30. The molecule has 0 saturated carbocycles. The van der Waals surface area contributed by atoms with Gasteiger partial charge in [0.05, 0.1) is 12.2 Å². The minimum atomic E-state index is -0.335. The average Bonchev–Trinajstić information content (AvgIpc) is 2.51. The molecule has 0 spiro atoms. The molecule has 1 unspecified atom stereocenters. The third-order valence-corrected chi connectivity index (χ3v) is 4.52. The van der Waals surface area contributed by atoms with E-state index in [4.69, 9.17) is 9.47 Å². The second kappa shape index (κ2) is 12.7. The smallest absolute Gasteiger partial charge is 0.330 e. The first-order valence-electron chi connectivity index (χ1n) is 8.82. The average molecular weight is 312 g/mol. The van der Waals surface area contributed by atoms with Crippen LogP contribution >= 0.6 is 0 Å². The summed E-state index contributed by atoms with van der Waals surface area (Å²) in [7, 11) is 1.78. The van der Waals surface area contributed by atoms with Gasteiger partial charge in [-0.25, -0.2) is 4.79 Å². The van der Waals surface area contributed by atoms with Crippen LogP contribution < -0.4 is 0 Å². The molecule has 0 aliphatic carbocycles. The second-order valence-corrected chi connectivity index (χ2v) is 6.57. The molecule has 0 aliphatic rings. The van der Waals surface area contributed by atoms with Crippen molar-refractivity contribution in [3.8, 4) is 0 Å². The van der Waals surface area contributed by atoms with Gasteiger partial charge in [-0.2, -0.15) is 0 Å². The highest BCUT2D eigenvalue weighted by molar-refractivity contribution is 5.81. The molecule has 0 bridgehead atoms. The minimum absolute atomic E-state index is 0.119. The van der Waals surface area contributed by atoms with E-state index < -0.39 is 0 Å². The van der Waals surface area contributed by atoms with Gasteiger partial charge in [0, 0.05) is 13.2 Å². The van der Waals surface area contributed by atoms with Crippen LogP contribution in [-0.2, 0) is 14.3 Å². The maximum atomic E-state index is 11.0. The molecule has 0 radical (unpaired) electrons. The number of carbonyl (C=O) groups excluding carboxylic acids is 1. The molecule has 0 N–H and O–H groups in total. The van der Waals surface area contributed by atoms with Crippen LogP contribution in [0.2, 0.25) is 0 Å². The fourth-order valence-electron chi connectivity index (χ4n) is 2.74. The molecule has 0 aromatic rings. The Labute approximate surface area is 137 Å². The van der Waals surface area contributed by atoms with E-state index in [0.717, 1.165) is 12.8 Å². The van der Waals surface area contributed by atoms with E-state index in [1.54, 1.807) is 7.11 Å². The molecule has 0 aromatic heterocycles. The van der Waals surface area contributed by atoms with E-state index in [0.29, 0.717) is 12.5 Å². The highest BCUT2D eigenvalue weighted by Gasteiger charge is 2.28. The van der Waals surface area contributed by atoms with Crippen LogP contribution in [0.25, 0.3) is 0 Å². The van der Waals surface area contributed by atoms with Gasteiger partial charge in [-0.15, -0.1) is 0 Å². The predicted molar refractivity (Wildman–Crippen MR) is 93.0 cm³/mol. The Morgan fingerprint density at radius 3 is 2.27 bits per heavy atom. The lowest BCUT2D eigenvalue weighted by atomic mass is 9.82. The van der Waals surface area contributed by atoms with Crippen molar-refractivity contribution in [2.24, 2.45) is 5.92 Å². The van der Waals surface area contributed by atoms with Gasteiger partial charge in [0.1, 0.15) is 0 Å². The van der Waals surface area contributed by atoms with Crippen LogP contribution in [0.1, 0.15) is 78.6 Å². The molecule has 130 valence electrons. The Kier molecular flexibility index (Phi) is 12.2. The number of rotatable bonds is 14. The van der Waals surface area contributed by atoms with Crippen molar-refractivity contribution < 1.29 is 14.3 Å². The van der Waals surface area contributed by atoms with Crippen molar-refractivity contribution >= 4 is 5.97 Å². The number of carbonyl (C=O) groups is 1. The molecule has 3 nitrogen and oxygen atoms in total. The van der Waals surface area contributed by atoms with Crippen LogP contribution in [0, 0.1) is 5.92 Å². The Morgan fingerprint density at radius 2 is 1.68 bits per heavy atom. The summed E-state index contributed by atoms with van der Waals surface area (Å²) in [5, 5.41) is 0.